The molecule has 1 aromatic carbocycles. The van der Waals surface area contributed by atoms with E-state index in [0.29, 0.717) is 0 Å². The minimum Gasteiger partial charge on any atom is -0.326 e. The molecule has 3 heteroatoms. The average Bonchev–Trinajstić information content (AvgIpc) is 2.39. The van der Waals surface area contributed by atoms with Crippen LogP contribution in [0.5, 0.6) is 0 Å². The Bertz CT molecular complexity index is 386. The predicted molar refractivity (Wildman–Crippen MR) is 76.6 cm³/mol. The molecule has 18 heavy (non-hydrogen) atoms. The summed E-state index contributed by atoms with van der Waals surface area (Å²) in [6, 6.07) is 8.29. The van der Waals surface area contributed by atoms with Crippen LogP contribution in [0.3, 0.4) is 0 Å². The molecule has 0 saturated heterocycles. The molecule has 0 aromatic heterocycles. The Hall–Kier alpha value is -1.35. The van der Waals surface area contributed by atoms with Crippen LogP contribution in [0.2, 0.25) is 0 Å². The first-order chi connectivity index (χ1) is 8.62. The highest BCUT2D eigenvalue weighted by atomic mass is 16.1. The maximum atomic E-state index is 12.0. The van der Waals surface area contributed by atoms with Crippen molar-refractivity contribution in [2.75, 3.05) is 12.4 Å². The fraction of sp³-hybridized carbons (Fsp3) is 0.533. The molecule has 1 rings (SSSR count). The molecule has 1 amide bonds. The molecule has 0 radical (unpaired) electrons. The molecule has 100 valence electrons. The van der Waals surface area contributed by atoms with Crippen LogP contribution >= 0.6 is 0 Å². The molecule has 0 spiro atoms. The second-order valence-electron chi connectivity index (χ2n) is 4.64. The minimum atomic E-state index is 0.107. The number of anilines is 1. The van der Waals surface area contributed by atoms with E-state index in [2.05, 4.69) is 23.6 Å². The van der Waals surface area contributed by atoms with Gasteiger partial charge in [-0.1, -0.05) is 26.0 Å². The van der Waals surface area contributed by atoms with Gasteiger partial charge in [-0.2, -0.15) is 0 Å². The maximum absolute atomic E-state index is 12.0. The zero-order chi connectivity index (χ0) is 13.5. The number of benzene rings is 1. The summed E-state index contributed by atoms with van der Waals surface area (Å²) in [5, 5.41) is 6.19. The topological polar surface area (TPSA) is 41.1 Å². The average molecular weight is 248 g/mol. The van der Waals surface area contributed by atoms with Gasteiger partial charge < -0.3 is 10.6 Å². The number of amides is 1. The monoisotopic (exact) mass is 248 g/mol. The number of nitrogens with one attached hydrogen (secondary N) is 2. The minimum absolute atomic E-state index is 0.107. The molecule has 0 saturated carbocycles. The Balaban J connectivity index is 2.76. The molecule has 0 fully saturated rings. The lowest BCUT2D eigenvalue weighted by molar-refractivity contribution is -0.120. The van der Waals surface area contributed by atoms with Crippen molar-refractivity contribution in [2.24, 2.45) is 5.92 Å². The van der Waals surface area contributed by atoms with Gasteiger partial charge in [-0.15, -0.1) is 0 Å². The van der Waals surface area contributed by atoms with E-state index in [1.807, 2.05) is 39.1 Å². The van der Waals surface area contributed by atoms with Gasteiger partial charge in [-0.3, -0.25) is 4.79 Å². The Morgan fingerprint density at radius 2 is 1.94 bits per heavy atom. The fourth-order valence-corrected chi connectivity index (χ4v) is 1.96. The smallest absolute Gasteiger partial charge is 0.227 e. The third-order valence-corrected chi connectivity index (χ3v) is 3.44. The number of hydrogen-bond donors (Lipinski definition) is 2. The van der Waals surface area contributed by atoms with E-state index >= 15 is 0 Å². The number of hydrogen-bond acceptors (Lipinski definition) is 2. The predicted octanol–water partition coefficient (Wildman–Crippen LogP) is 3.34. The quantitative estimate of drug-likeness (QED) is 0.810. The summed E-state index contributed by atoms with van der Waals surface area (Å²) in [4.78, 5) is 12.0. The van der Waals surface area contributed by atoms with Crippen LogP contribution in [0.4, 0.5) is 5.69 Å². The number of carbonyl (C=O) groups excluding carboxylic acids is 1. The molecular formula is C15H24N2O. The van der Waals surface area contributed by atoms with Crippen LogP contribution in [0, 0.1) is 5.92 Å². The van der Waals surface area contributed by atoms with Gasteiger partial charge in [0.1, 0.15) is 0 Å². The van der Waals surface area contributed by atoms with Gasteiger partial charge in [0.15, 0.2) is 0 Å². The third-order valence-electron chi connectivity index (χ3n) is 3.44. The van der Waals surface area contributed by atoms with Crippen LogP contribution < -0.4 is 10.6 Å². The van der Waals surface area contributed by atoms with E-state index in [1.54, 1.807) is 0 Å². The summed E-state index contributed by atoms with van der Waals surface area (Å²) < 4.78 is 0. The Morgan fingerprint density at radius 1 is 1.28 bits per heavy atom. The van der Waals surface area contributed by atoms with Crippen molar-refractivity contribution in [3.8, 4) is 0 Å². The highest BCUT2D eigenvalue weighted by molar-refractivity contribution is 5.92. The number of carbonyl (C=O) groups is 1. The molecule has 0 heterocycles. The largest absolute Gasteiger partial charge is 0.326 e. The van der Waals surface area contributed by atoms with Gasteiger partial charge in [0.2, 0.25) is 5.91 Å². The van der Waals surface area contributed by atoms with Crippen molar-refractivity contribution < 1.29 is 4.79 Å². The lowest BCUT2D eigenvalue weighted by atomic mass is 10.0. The van der Waals surface area contributed by atoms with Crippen molar-refractivity contribution in [3.63, 3.8) is 0 Å². The lowest BCUT2D eigenvalue weighted by Crippen LogP contribution is -2.22. The number of rotatable bonds is 6. The van der Waals surface area contributed by atoms with Crippen molar-refractivity contribution in [1.29, 1.82) is 0 Å². The standard InChI is InChI=1S/C15H24N2O/c1-5-12(6-2)15(18)17-14-9-7-8-13(10-14)11(3)16-4/h7-12,16H,5-6H2,1-4H3,(H,17,18). The van der Waals surface area contributed by atoms with E-state index in [4.69, 9.17) is 0 Å². The Morgan fingerprint density at radius 3 is 2.50 bits per heavy atom. The Labute approximate surface area is 110 Å². The van der Waals surface area contributed by atoms with Crippen molar-refractivity contribution in [3.05, 3.63) is 29.8 Å². The van der Waals surface area contributed by atoms with E-state index in [9.17, 15) is 4.79 Å². The zero-order valence-electron chi connectivity index (χ0n) is 11.8. The van der Waals surface area contributed by atoms with E-state index in [-0.39, 0.29) is 17.9 Å². The fourth-order valence-electron chi connectivity index (χ4n) is 1.96. The van der Waals surface area contributed by atoms with Crippen LogP contribution in [-0.2, 0) is 4.79 Å². The van der Waals surface area contributed by atoms with E-state index in [1.165, 1.54) is 5.56 Å². The van der Waals surface area contributed by atoms with Gasteiger partial charge in [0.05, 0.1) is 0 Å². The van der Waals surface area contributed by atoms with E-state index in [0.717, 1.165) is 18.5 Å². The molecule has 1 unspecified atom stereocenters. The summed E-state index contributed by atoms with van der Waals surface area (Å²) in [5.74, 6) is 0.227. The molecule has 2 N–H and O–H groups in total. The van der Waals surface area contributed by atoms with Crippen LogP contribution in [0.25, 0.3) is 0 Å². The van der Waals surface area contributed by atoms with Crippen molar-refractivity contribution >= 4 is 11.6 Å². The van der Waals surface area contributed by atoms with Gasteiger partial charge in [0, 0.05) is 17.6 Å². The van der Waals surface area contributed by atoms with Crippen LogP contribution in [0.1, 0.15) is 45.2 Å². The summed E-state index contributed by atoms with van der Waals surface area (Å²) >= 11 is 0. The van der Waals surface area contributed by atoms with Crippen LogP contribution in [0.15, 0.2) is 24.3 Å². The molecule has 1 atom stereocenters. The Kier molecular flexibility index (Phi) is 5.86. The first kappa shape index (κ1) is 14.7. The molecule has 0 aliphatic carbocycles. The maximum Gasteiger partial charge on any atom is 0.227 e. The summed E-state index contributed by atoms with van der Waals surface area (Å²) in [6.07, 6.45) is 1.77. The van der Waals surface area contributed by atoms with Gasteiger partial charge >= 0.3 is 0 Å². The second-order valence-corrected chi connectivity index (χ2v) is 4.64. The van der Waals surface area contributed by atoms with Crippen molar-refractivity contribution in [2.45, 2.75) is 39.7 Å². The normalized spacial score (nSPS) is 12.5. The molecule has 3 nitrogen and oxygen atoms in total. The second kappa shape index (κ2) is 7.17. The molecular weight excluding hydrogens is 224 g/mol. The van der Waals surface area contributed by atoms with Crippen molar-refractivity contribution in [1.82, 2.24) is 5.32 Å². The van der Waals surface area contributed by atoms with Crippen LogP contribution in [-0.4, -0.2) is 13.0 Å². The molecule has 0 bridgehead atoms. The highest BCUT2D eigenvalue weighted by Gasteiger charge is 2.14. The summed E-state index contributed by atoms with van der Waals surface area (Å²) in [7, 11) is 1.93. The first-order valence-electron chi connectivity index (χ1n) is 6.70. The van der Waals surface area contributed by atoms with Gasteiger partial charge in [0.25, 0.3) is 0 Å². The third kappa shape index (κ3) is 3.84. The van der Waals surface area contributed by atoms with E-state index < -0.39 is 0 Å². The SMILES string of the molecule is CCC(CC)C(=O)Nc1cccc(C(C)NC)c1. The molecule has 1 aromatic rings. The molecule has 0 aliphatic heterocycles. The zero-order valence-corrected chi connectivity index (χ0v) is 11.8. The summed E-state index contributed by atoms with van der Waals surface area (Å²) in [6.45, 7) is 6.20. The van der Waals surface area contributed by atoms with Gasteiger partial charge in [-0.05, 0) is 44.5 Å². The lowest BCUT2D eigenvalue weighted by Gasteiger charge is -2.15. The van der Waals surface area contributed by atoms with Gasteiger partial charge in [-0.25, -0.2) is 0 Å². The summed E-state index contributed by atoms with van der Waals surface area (Å²) in [5.41, 5.74) is 2.06. The first-order valence-corrected chi connectivity index (χ1v) is 6.70. The molecule has 0 aliphatic rings. The highest BCUT2D eigenvalue weighted by Crippen LogP contribution is 2.18.